The Morgan fingerprint density at radius 3 is 2.34 bits per heavy atom. The van der Waals surface area contributed by atoms with E-state index in [1.807, 2.05) is 0 Å². The molecule has 2 aromatic rings. The van der Waals surface area contributed by atoms with E-state index in [4.69, 9.17) is 32.9 Å². The van der Waals surface area contributed by atoms with Crippen LogP contribution in [0.4, 0.5) is 17.6 Å². The van der Waals surface area contributed by atoms with Gasteiger partial charge in [0, 0.05) is 24.5 Å². The van der Waals surface area contributed by atoms with Crippen molar-refractivity contribution in [3.05, 3.63) is 68.4 Å². The number of carbonyl (C=O) groups is 3. The summed E-state index contributed by atoms with van der Waals surface area (Å²) >= 11 is 11.5. The van der Waals surface area contributed by atoms with Crippen molar-refractivity contribution in [2.24, 2.45) is 10.3 Å². The fourth-order valence-electron chi connectivity index (χ4n) is 4.04. The first-order valence-corrected chi connectivity index (χ1v) is 11.6. The van der Waals surface area contributed by atoms with E-state index in [-0.39, 0.29) is 41.2 Å². The van der Waals surface area contributed by atoms with Crippen LogP contribution in [0.15, 0.2) is 40.6 Å². The van der Waals surface area contributed by atoms with Crippen LogP contribution in [0.1, 0.15) is 46.8 Å². The SMILES string of the molecule is CC(=O)C1=NOC(N(C=O)C(=O)c2ccc(C3=NO[C@@](c4cc(Cl)c(F)c(Cl)c4)(C(F)(F)F)C3)cc2C)C1. The monoisotopic (exact) mass is 573 g/mol. The van der Waals surface area contributed by atoms with Gasteiger partial charge in [-0.1, -0.05) is 39.6 Å². The zero-order chi connectivity index (χ0) is 28.0. The molecular weight excluding hydrogens is 557 g/mol. The van der Waals surface area contributed by atoms with Crippen LogP contribution in [0, 0.1) is 12.7 Å². The molecule has 2 atom stereocenters. The largest absolute Gasteiger partial charge is 0.435 e. The Kier molecular flexibility index (Phi) is 7.23. The molecule has 2 aromatic carbocycles. The highest BCUT2D eigenvalue weighted by atomic mass is 35.5. The summed E-state index contributed by atoms with van der Waals surface area (Å²) in [4.78, 5) is 46.8. The first kappa shape index (κ1) is 27.5. The van der Waals surface area contributed by atoms with Gasteiger partial charge < -0.3 is 9.68 Å². The highest BCUT2D eigenvalue weighted by Gasteiger charge is 2.62. The van der Waals surface area contributed by atoms with Crippen molar-refractivity contribution in [2.75, 3.05) is 0 Å². The van der Waals surface area contributed by atoms with Crippen molar-refractivity contribution in [3.8, 4) is 0 Å². The fraction of sp³-hybridized carbons (Fsp3) is 0.292. The second-order valence-corrected chi connectivity index (χ2v) is 9.40. The van der Waals surface area contributed by atoms with Gasteiger partial charge >= 0.3 is 6.18 Å². The molecule has 0 radical (unpaired) electrons. The molecule has 0 N–H and O–H groups in total. The summed E-state index contributed by atoms with van der Waals surface area (Å²) in [6.07, 6.45) is -6.73. The van der Waals surface area contributed by atoms with Crippen LogP contribution >= 0.6 is 23.2 Å². The number of ketones is 1. The third-order valence-corrected chi connectivity index (χ3v) is 6.69. The number of amides is 2. The first-order chi connectivity index (χ1) is 17.8. The predicted octanol–water partition coefficient (Wildman–Crippen LogP) is 5.31. The Bertz CT molecular complexity index is 1390. The van der Waals surface area contributed by atoms with E-state index in [2.05, 4.69) is 10.3 Å². The number of benzene rings is 2. The normalized spacial score (nSPS) is 20.8. The van der Waals surface area contributed by atoms with Crippen LogP contribution in [-0.4, -0.2) is 46.8 Å². The molecule has 200 valence electrons. The maximum atomic E-state index is 14.3. The number of hydrogen-bond donors (Lipinski definition) is 0. The number of oxime groups is 2. The van der Waals surface area contributed by atoms with E-state index >= 15 is 0 Å². The van der Waals surface area contributed by atoms with Gasteiger partial charge in [-0.3, -0.25) is 14.4 Å². The van der Waals surface area contributed by atoms with Gasteiger partial charge in [0.1, 0.15) is 5.71 Å². The van der Waals surface area contributed by atoms with Gasteiger partial charge in [-0.25, -0.2) is 9.29 Å². The number of nitrogens with zero attached hydrogens (tertiary/aromatic N) is 3. The van der Waals surface area contributed by atoms with Crippen LogP contribution < -0.4 is 0 Å². The van der Waals surface area contributed by atoms with Crippen molar-refractivity contribution >= 4 is 52.7 Å². The molecule has 0 bridgehead atoms. The summed E-state index contributed by atoms with van der Waals surface area (Å²) in [5.74, 6) is -2.20. The van der Waals surface area contributed by atoms with Crippen LogP contribution in [0.25, 0.3) is 0 Å². The van der Waals surface area contributed by atoms with Crippen LogP contribution in [0.2, 0.25) is 10.0 Å². The fourth-order valence-corrected chi connectivity index (χ4v) is 4.52. The molecule has 2 amide bonds. The minimum absolute atomic E-state index is 0.0550. The summed E-state index contributed by atoms with van der Waals surface area (Å²) in [6.45, 7) is 2.78. The predicted molar refractivity (Wildman–Crippen MR) is 127 cm³/mol. The van der Waals surface area contributed by atoms with Crippen LogP contribution in [0.3, 0.4) is 0 Å². The lowest BCUT2D eigenvalue weighted by molar-refractivity contribution is -0.275. The number of alkyl halides is 3. The van der Waals surface area contributed by atoms with Crippen molar-refractivity contribution in [1.29, 1.82) is 0 Å². The average Bonchev–Trinajstić information content (AvgIpc) is 3.51. The lowest BCUT2D eigenvalue weighted by Crippen LogP contribution is -2.42. The highest BCUT2D eigenvalue weighted by Crippen LogP contribution is 2.50. The molecule has 0 saturated carbocycles. The molecule has 2 aliphatic rings. The summed E-state index contributed by atoms with van der Waals surface area (Å²) in [5.41, 5.74) is -2.97. The minimum Gasteiger partial charge on any atom is -0.374 e. The van der Waals surface area contributed by atoms with Crippen LogP contribution in [-0.2, 0) is 24.9 Å². The lowest BCUT2D eigenvalue weighted by Gasteiger charge is -2.29. The minimum atomic E-state index is -4.99. The molecular formula is C24H17Cl2F4N3O5. The van der Waals surface area contributed by atoms with Gasteiger partial charge in [-0.2, -0.15) is 13.2 Å². The van der Waals surface area contributed by atoms with E-state index in [1.165, 1.54) is 32.0 Å². The smallest absolute Gasteiger partial charge is 0.374 e. The number of Topliss-reactive ketones (excluding diaryl/α,β-unsaturated/α-hetero) is 1. The molecule has 8 nitrogen and oxygen atoms in total. The zero-order valence-corrected chi connectivity index (χ0v) is 21.1. The summed E-state index contributed by atoms with van der Waals surface area (Å²) in [5, 5.41) is 5.99. The quantitative estimate of drug-likeness (QED) is 0.265. The van der Waals surface area contributed by atoms with Crippen molar-refractivity contribution in [2.45, 2.75) is 44.7 Å². The summed E-state index contributed by atoms with van der Waals surface area (Å²) in [7, 11) is 0. The van der Waals surface area contributed by atoms with Gasteiger partial charge in [-0.05, 0) is 42.3 Å². The second-order valence-electron chi connectivity index (χ2n) is 8.59. The Labute approximate surface area is 222 Å². The molecule has 0 aliphatic carbocycles. The average molecular weight is 574 g/mol. The number of carbonyl (C=O) groups excluding carboxylic acids is 3. The number of imide groups is 1. The molecule has 4 rings (SSSR count). The van der Waals surface area contributed by atoms with Gasteiger partial charge in [0.15, 0.2) is 11.6 Å². The van der Waals surface area contributed by atoms with Crippen LogP contribution in [0.5, 0.6) is 0 Å². The maximum Gasteiger partial charge on any atom is 0.435 e. The molecule has 2 aliphatic heterocycles. The lowest BCUT2D eigenvalue weighted by atomic mass is 9.86. The van der Waals surface area contributed by atoms with Crippen molar-refractivity contribution < 1.29 is 41.6 Å². The Balaban J connectivity index is 1.60. The van der Waals surface area contributed by atoms with E-state index in [0.717, 1.165) is 17.0 Å². The third-order valence-electron chi connectivity index (χ3n) is 6.14. The first-order valence-electron chi connectivity index (χ1n) is 10.9. The summed E-state index contributed by atoms with van der Waals surface area (Å²) in [6, 6.07) is 5.62. The Hall–Kier alpha value is -3.51. The number of aryl methyl sites for hydroxylation is 1. The molecule has 0 fully saturated rings. The molecule has 38 heavy (non-hydrogen) atoms. The molecule has 14 heteroatoms. The van der Waals surface area contributed by atoms with Crippen molar-refractivity contribution in [3.63, 3.8) is 0 Å². The molecule has 0 spiro atoms. The third kappa shape index (κ3) is 4.73. The van der Waals surface area contributed by atoms with E-state index < -0.39 is 51.8 Å². The highest BCUT2D eigenvalue weighted by molar-refractivity contribution is 6.39. The number of hydrogen-bond acceptors (Lipinski definition) is 7. The van der Waals surface area contributed by atoms with E-state index in [1.54, 1.807) is 0 Å². The zero-order valence-electron chi connectivity index (χ0n) is 19.6. The topological polar surface area (TPSA) is 97.6 Å². The Morgan fingerprint density at radius 1 is 1.16 bits per heavy atom. The van der Waals surface area contributed by atoms with E-state index in [9.17, 15) is 31.9 Å². The molecule has 0 saturated heterocycles. The maximum absolute atomic E-state index is 14.3. The number of rotatable bonds is 6. The number of halogens is 6. The Morgan fingerprint density at radius 2 is 1.82 bits per heavy atom. The second kappa shape index (κ2) is 9.99. The van der Waals surface area contributed by atoms with Gasteiger partial charge in [0.2, 0.25) is 12.6 Å². The molecule has 1 unspecified atom stereocenters. The molecule has 2 heterocycles. The molecule has 0 aromatic heterocycles. The standard InChI is InChI=1S/C24H17Cl2F4N3O5/c1-11-5-13(3-4-15(11)22(36)33(10-34)20-8-18(12(2)35)31-37-20)19-9-23(38-32-19,24(28,29)30)14-6-16(25)21(27)17(26)7-14/h3-7,10,20H,8-9H2,1-2H3/t20?,23-/m0/s1. The van der Waals surface area contributed by atoms with E-state index in [0.29, 0.717) is 5.56 Å². The van der Waals surface area contributed by atoms with Gasteiger partial charge in [-0.15, -0.1) is 0 Å². The van der Waals surface area contributed by atoms with Crippen molar-refractivity contribution in [1.82, 2.24) is 4.90 Å². The van der Waals surface area contributed by atoms with Gasteiger partial charge in [0.25, 0.3) is 11.5 Å². The summed E-state index contributed by atoms with van der Waals surface area (Å²) < 4.78 is 56.6. The van der Waals surface area contributed by atoms with Gasteiger partial charge in [0.05, 0.1) is 22.2 Å².